The lowest BCUT2D eigenvalue weighted by molar-refractivity contribution is -0.137. The minimum absolute atomic E-state index is 0.266. The highest BCUT2D eigenvalue weighted by molar-refractivity contribution is 5.76. The van der Waals surface area contributed by atoms with Crippen LogP contribution in [0.2, 0.25) is 0 Å². The Morgan fingerprint density at radius 1 is 0.656 bits per heavy atom. The molecular weight excluding hydrogens is 400 g/mol. The van der Waals surface area contributed by atoms with Crippen LogP contribution in [0.15, 0.2) is 24.3 Å². The first-order valence-corrected chi connectivity index (χ1v) is 12.8. The predicted molar refractivity (Wildman–Crippen MR) is 132 cm³/mol. The maximum absolute atomic E-state index is 12.2. The Balaban J connectivity index is 2.26. The first kappa shape index (κ1) is 28.2. The van der Waals surface area contributed by atoms with E-state index in [1.165, 1.54) is 44.9 Å². The molecule has 1 aromatic carbocycles. The monoisotopic (exact) mass is 446 g/mol. The molecule has 0 bridgehead atoms. The van der Waals surface area contributed by atoms with E-state index in [9.17, 15) is 9.59 Å². The zero-order valence-corrected chi connectivity index (χ0v) is 21.0. The second kappa shape index (κ2) is 16.7. The largest absolute Gasteiger partial charge is 0.423 e. The van der Waals surface area contributed by atoms with Crippen LogP contribution in [0.5, 0.6) is 11.5 Å². The Kier molecular flexibility index (Phi) is 14.8. The molecule has 0 aliphatic rings. The first-order valence-electron chi connectivity index (χ1n) is 12.8. The van der Waals surface area contributed by atoms with Crippen molar-refractivity contribution in [1.29, 1.82) is 0 Å². The van der Waals surface area contributed by atoms with Crippen molar-refractivity contribution in [2.75, 3.05) is 0 Å². The van der Waals surface area contributed by atoms with Crippen LogP contribution in [0, 0.1) is 5.41 Å². The van der Waals surface area contributed by atoms with Gasteiger partial charge >= 0.3 is 11.9 Å². The molecule has 0 aliphatic heterocycles. The third-order valence-corrected chi connectivity index (χ3v) is 5.59. The predicted octanol–water partition coefficient (Wildman–Crippen LogP) is 8.41. The van der Waals surface area contributed by atoms with Gasteiger partial charge in [0.05, 0.1) is 0 Å². The lowest BCUT2D eigenvalue weighted by Crippen LogP contribution is -2.12. The molecule has 0 amide bonds. The highest BCUT2D eigenvalue weighted by Crippen LogP contribution is 2.28. The van der Waals surface area contributed by atoms with Gasteiger partial charge in [-0.25, -0.2) is 0 Å². The second-order valence-corrected chi connectivity index (χ2v) is 10.1. The van der Waals surface area contributed by atoms with E-state index in [-0.39, 0.29) is 11.9 Å². The van der Waals surface area contributed by atoms with E-state index in [1.54, 1.807) is 24.3 Å². The third-order valence-electron chi connectivity index (χ3n) is 5.59. The zero-order valence-electron chi connectivity index (χ0n) is 21.0. The van der Waals surface area contributed by atoms with E-state index in [4.69, 9.17) is 9.47 Å². The Morgan fingerprint density at radius 2 is 1.06 bits per heavy atom. The van der Waals surface area contributed by atoms with Crippen LogP contribution in [-0.2, 0) is 9.59 Å². The minimum Gasteiger partial charge on any atom is -0.423 e. The van der Waals surface area contributed by atoms with Crippen molar-refractivity contribution >= 4 is 11.9 Å². The van der Waals surface area contributed by atoms with Crippen molar-refractivity contribution in [3.8, 4) is 11.5 Å². The molecule has 0 aliphatic carbocycles. The van der Waals surface area contributed by atoms with Crippen molar-refractivity contribution < 1.29 is 19.1 Å². The van der Waals surface area contributed by atoms with Crippen molar-refractivity contribution in [2.45, 2.75) is 124 Å². The molecule has 0 N–H and O–H groups in total. The number of ether oxygens (including phenoxy) is 2. The molecule has 1 aromatic rings. The van der Waals surface area contributed by atoms with E-state index in [2.05, 4.69) is 27.7 Å². The van der Waals surface area contributed by atoms with Crippen molar-refractivity contribution in [3.63, 3.8) is 0 Å². The van der Waals surface area contributed by atoms with Crippen molar-refractivity contribution in [3.05, 3.63) is 24.3 Å². The van der Waals surface area contributed by atoms with Gasteiger partial charge in [0.1, 0.15) is 0 Å². The number of rotatable bonds is 17. The summed E-state index contributed by atoms with van der Waals surface area (Å²) < 4.78 is 11.0. The quantitative estimate of drug-likeness (QED) is 0.137. The molecule has 182 valence electrons. The van der Waals surface area contributed by atoms with Gasteiger partial charge in [-0.1, -0.05) is 104 Å². The van der Waals surface area contributed by atoms with Crippen molar-refractivity contribution in [2.24, 2.45) is 5.41 Å². The van der Waals surface area contributed by atoms with Crippen LogP contribution in [0.25, 0.3) is 0 Å². The summed E-state index contributed by atoms with van der Waals surface area (Å²) in [5.74, 6) is 0.124. The Hall–Kier alpha value is -1.84. The molecule has 4 heteroatoms. The van der Waals surface area contributed by atoms with Gasteiger partial charge in [-0.05, 0) is 36.8 Å². The standard InChI is InChI=1S/C28H46O4/c1-5-6-7-8-9-11-14-21-26(29)31-24-19-16-17-20-25(24)32-27(30)22-15-12-10-13-18-23-28(2,3)4/h16-17,19-20H,5-15,18,21-23H2,1-4H3. The molecule has 0 spiro atoms. The van der Waals surface area contributed by atoms with Gasteiger partial charge in [0, 0.05) is 12.8 Å². The number of hydrogen-bond donors (Lipinski definition) is 0. The molecule has 0 fully saturated rings. The summed E-state index contributed by atoms with van der Waals surface area (Å²) in [4.78, 5) is 24.4. The average Bonchev–Trinajstić information content (AvgIpc) is 2.73. The summed E-state index contributed by atoms with van der Waals surface area (Å²) >= 11 is 0. The number of esters is 2. The summed E-state index contributed by atoms with van der Waals surface area (Å²) in [7, 11) is 0. The SMILES string of the molecule is CCCCCCCCCC(=O)Oc1ccccc1OC(=O)CCCCCCCC(C)(C)C. The molecule has 0 heterocycles. The van der Waals surface area contributed by atoms with E-state index in [0.717, 1.165) is 38.5 Å². The Bertz CT molecular complexity index is 645. The van der Waals surface area contributed by atoms with Gasteiger partial charge in [-0.2, -0.15) is 0 Å². The number of benzene rings is 1. The molecule has 32 heavy (non-hydrogen) atoms. The van der Waals surface area contributed by atoms with Crippen LogP contribution in [0.4, 0.5) is 0 Å². The zero-order chi connectivity index (χ0) is 23.7. The lowest BCUT2D eigenvalue weighted by Gasteiger charge is -2.17. The first-order chi connectivity index (χ1) is 15.3. The average molecular weight is 447 g/mol. The topological polar surface area (TPSA) is 52.6 Å². The molecule has 0 radical (unpaired) electrons. The number of carbonyl (C=O) groups excluding carboxylic acids is 2. The normalized spacial score (nSPS) is 11.4. The summed E-state index contributed by atoms with van der Waals surface area (Å²) in [6, 6.07) is 6.93. The maximum atomic E-state index is 12.2. The highest BCUT2D eigenvalue weighted by Gasteiger charge is 2.13. The van der Waals surface area contributed by atoms with Gasteiger partial charge < -0.3 is 9.47 Å². The molecule has 0 unspecified atom stereocenters. The van der Waals surface area contributed by atoms with Gasteiger partial charge in [-0.3, -0.25) is 9.59 Å². The number of carbonyl (C=O) groups is 2. The molecule has 1 rings (SSSR count). The smallest absolute Gasteiger partial charge is 0.311 e. The Morgan fingerprint density at radius 3 is 1.50 bits per heavy atom. The number of para-hydroxylation sites is 2. The van der Waals surface area contributed by atoms with E-state index in [0.29, 0.717) is 29.8 Å². The fraction of sp³-hybridized carbons (Fsp3) is 0.714. The Labute approximate surface area is 196 Å². The van der Waals surface area contributed by atoms with E-state index in [1.807, 2.05) is 0 Å². The summed E-state index contributed by atoms with van der Waals surface area (Å²) in [5, 5.41) is 0. The van der Waals surface area contributed by atoms with Crippen molar-refractivity contribution in [1.82, 2.24) is 0 Å². The number of hydrogen-bond acceptors (Lipinski definition) is 4. The van der Waals surface area contributed by atoms with Crippen LogP contribution in [-0.4, -0.2) is 11.9 Å². The summed E-state index contributed by atoms with van der Waals surface area (Å²) in [6.07, 6.45) is 15.6. The second-order valence-electron chi connectivity index (χ2n) is 10.1. The van der Waals surface area contributed by atoms with Gasteiger partial charge in [0.15, 0.2) is 11.5 Å². The molecule has 0 saturated carbocycles. The fourth-order valence-corrected chi connectivity index (χ4v) is 3.65. The molecule has 0 aromatic heterocycles. The minimum atomic E-state index is -0.268. The number of unbranched alkanes of at least 4 members (excludes halogenated alkanes) is 10. The van der Waals surface area contributed by atoms with Gasteiger partial charge in [0.25, 0.3) is 0 Å². The highest BCUT2D eigenvalue weighted by atomic mass is 16.6. The maximum Gasteiger partial charge on any atom is 0.311 e. The van der Waals surface area contributed by atoms with Crippen LogP contribution >= 0.6 is 0 Å². The third kappa shape index (κ3) is 15.0. The van der Waals surface area contributed by atoms with E-state index < -0.39 is 0 Å². The lowest BCUT2D eigenvalue weighted by atomic mass is 9.89. The summed E-state index contributed by atoms with van der Waals surface area (Å²) in [5.41, 5.74) is 0.398. The molecule has 4 nitrogen and oxygen atoms in total. The molecule has 0 saturated heterocycles. The molecular formula is C28H46O4. The summed E-state index contributed by atoms with van der Waals surface area (Å²) in [6.45, 7) is 9.02. The fourth-order valence-electron chi connectivity index (χ4n) is 3.65. The van der Waals surface area contributed by atoms with Crippen LogP contribution < -0.4 is 9.47 Å². The van der Waals surface area contributed by atoms with E-state index >= 15 is 0 Å². The van der Waals surface area contributed by atoms with Gasteiger partial charge in [0.2, 0.25) is 0 Å². The van der Waals surface area contributed by atoms with Gasteiger partial charge in [-0.15, -0.1) is 0 Å². The van der Waals surface area contributed by atoms with Crippen LogP contribution in [0.3, 0.4) is 0 Å². The molecule has 0 atom stereocenters. The van der Waals surface area contributed by atoms with Crippen LogP contribution in [0.1, 0.15) is 124 Å².